The Kier molecular flexibility index (Phi) is 10.3. The van der Waals surface area contributed by atoms with E-state index in [2.05, 4.69) is 65.7 Å². The Morgan fingerprint density at radius 3 is 2.40 bits per heavy atom. The van der Waals surface area contributed by atoms with Gasteiger partial charge in [0.2, 0.25) is 0 Å². The average Bonchev–Trinajstić information content (AvgIpc) is 2.95. The van der Waals surface area contributed by atoms with Crippen LogP contribution in [0.4, 0.5) is 10.5 Å². The summed E-state index contributed by atoms with van der Waals surface area (Å²) in [5.41, 5.74) is 5.45. The molecule has 0 saturated heterocycles. The number of rotatable bonds is 9. The number of dihydropyridines is 1. The Labute approximate surface area is 247 Å². The zero-order valence-electron chi connectivity index (χ0n) is 23.5. The summed E-state index contributed by atoms with van der Waals surface area (Å²) in [6.07, 6.45) is 4.22. The molecule has 1 aliphatic rings. The van der Waals surface area contributed by atoms with Gasteiger partial charge in [0.1, 0.15) is 5.84 Å². The van der Waals surface area contributed by atoms with Crippen molar-refractivity contribution in [3.05, 3.63) is 111 Å². The first-order chi connectivity index (χ1) is 19.2. The maximum absolute atomic E-state index is 12.7. The molecule has 0 aromatic heterocycles. The molecule has 40 heavy (non-hydrogen) atoms. The van der Waals surface area contributed by atoms with Crippen LogP contribution in [0.25, 0.3) is 0 Å². The molecule has 1 aliphatic heterocycles. The van der Waals surface area contributed by atoms with Crippen molar-refractivity contribution in [3.8, 4) is 0 Å². The van der Waals surface area contributed by atoms with Crippen LogP contribution in [0.15, 0.2) is 89.4 Å². The largest absolute Gasteiger partial charge is 0.449 e. The smallest absolute Gasteiger partial charge is 0.412 e. The van der Waals surface area contributed by atoms with Crippen molar-refractivity contribution in [2.75, 3.05) is 25.6 Å². The second kappa shape index (κ2) is 13.9. The van der Waals surface area contributed by atoms with E-state index in [1.807, 2.05) is 51.4 Å². The van der Waals surface area contributed by atoms with Gasteiger partial charge < -0.3 is 9.64 Å². The number of anilines is 1. The van der Waals surface area contributed by atoms with E-state index >= 15 is 0 Å². The standard InChI is InChI=1S/C33H37Cl2N3O2/c1-5-24(26-13-16-29(34)30(35)21-26)20-27-19-22(2)32(36-31(27)25-9-7-6-8-10-25)37-33(39)40-18-17-23-11-14-28(15-12-23)38(3)4/h6-16,19,21,24,27,31H,5,17-18,20H2,1-4H3,(H,36,37,39). The highest BCUT2D eigenvalue weighted by molar-refractivity contribution is 6.42. The van der Waals surface area contributed by atoms with Gasteiger partial charge in [0, 0.05) is 32.1 Å². The van der Waals surface area contributed by atoms with E-state index in [4.69, 9.17) is 32.9 Å². The molecule has 0 bridgehead atoms. The summed E-state index contributed by atoms with van der Waals surface area (Å²) in [7, 11) is 4.02. The predicted octanol–water partition coefficient (Wildman–Crippen LogP) is 8.63. The molecule has 4 rings (SSSR count). The quantitative estimate of drug-likeness (QED) is 0.277. The molecule has 3 unspecified atom stereocenters. The highest BCUT2D eigenvalue weighted by Crippen LogP contribution is 2.40. The highest BCUT2D eigenvalue weighted by atomic mass is 35.5. The van der Waals surface area contributed by atoms with Crippen molar-refractivity contribution >= 4 is 40.8 Å². The van der Waals surface area contributed by atoms with E-state index < -0.39 is 6.09 Å². The van der Waals surface area contributed by atoms with E-state index in [-0.39, 0.29) is 24.5 Å². The minimum Gasteiger partial charge on any atom is -0.449 e. The Bertz CT molecular complexity index is 1350. The van der Waals surface area contributed by atoms with Gasteiger partial charge in [-0.1, -0.05) is 84.7 Å². The van der Waals surface area contributed by atoms with Gasteiger partial charge in [-0.25, -0.2) is 4.79 Å². The summed E-state index contributed by atoms with van der Waals surface area (Å²) in [4.78, 5) is 19.8. The molecular weight excluding hydrogens is 541 g/mol. The second-order valence-corrected chi connectivity index (χ2v) is 11.2. The fourth-order valence-corrected chi connectivity index (χ4v) is 5.42. The summed E-state index contributed by atoms with van der Waals surface area (Å²) < 4.78 is 5.51. The van der Waals surface area contributed by atoms with E-state index in [9.17, 15) is 4.79 Å². The van der Waals surface area contributed by atoms with Crippen LogP contribution in [0, 0.1) is 5.92 Å². The van der Waals surface area contributed by atoms with Crippen LogP contribution in [0.5, 0.6) is 0 Å². The monoisotopic (exact) mass is 577 g/mol. The number of alkyl carbamates (subject to hydrolysis) is 1. The number of carbonyl (C=O) groups is 1. The highest BCUT2D eigenvalue weighted by Gasteiger charge is 2.29. The second-order valence-electron chi connectivity index (χ2n) is 10.4. The van der Waals surface area contributed by atoms with Crippen LogP contribution in [0.1, 0.15) is 55.3 Å². The molecule has 1 amide bonds. The number of nitrogens with zero attached hydrogens (tertiary/aromatic N) is 2. The SMILES string of the molecule is CCC(CC1C=C(C)C(NC(=O)OCCc2ccc(N(C)C)cc2)=NC1c1ccccc1)c1ccc(Cl)c(Cl)c1. The Balaban J connectivity index is 1.45. The molecule has 210 valence electrons. The van der Waals surface area contributed by atoms with Crippen LogP contribution in [-0.4, -0.2) is 32.6 Å². The Morgan fingerprint density at radius 1 is 1.02 bits per heavy atom. The normalized spacial score (nSPS) is 17.4. The van der Waals surface area contributed by atoms with E-state index in [1.165, 1.54) is 5.56 Å². The first-order valence-corrected chi connectivity index (χ1v) is 14.5. The molecule has 1 N–H and O–H groups in total. The number of aliphatic imine (C=N–C) groups is 1. The summed E-state index contributed by atoms with van der Waals surface area (Å²) in [6.45, 7) is 4.46. The van der Waals surface area contributed by atoms with Crippen LogP contribution in [0.2, 0.25) is 10.0 Å². The maximum atomic E-state index is 12.7. The molecule has 0 aliphatic carbocycles. The van der Waals surface area contributed by atoms with Gasteiger partial charge in [0.25, 0.3) is 0 Å². The third-order valence-corrected chi connectivity index (χ3v) is 8.15. The Hall–Kier alpha value is -3.28. The van der Waals surface area contributed by atoms with E-state index in [0.29, 0.717) is 22.3 Å². The van der Waals surface area contributed by atoms with Crippen molar-refractivity contribution in [2.24, 2.45) is 10.9 Å². The van der Waals surface area contributed by atoms with E-state index in [1.54, 1.807) is 0 Å². The first kappa shape index (κ1) is 29.7. The van der Waals surface area contributed by atoms with Crippen molar-refractivity contribution in [3.63, 3.8) is 0 Å². The van der Waals surface area contributed by atoms with Crippen LogP contribution >= 0.6 is 23.2 Å². The number of nitrogens with one attached hydrogen (secondary N) is 1. The average molecular weight is 579 g/mol. The lowest BCUT2D eigenvalue weighted by Gasteiger charge is -2.31. The zero-order valence-corrected chi connectivity index (χ0v) is 25.0. The third kappa shape index (κ3) is 7.67. The number of benzene rings is 3. The number of hydrogen-bond acceptors (Lipinski definition) is 4. The lowest BCUT2D eigenvalue weighted by Crippen LogP contribution is -2.35. The van der Waals surface area contributed by atoms with Gasteiger partial charge >= 0.3 is 6.09 Å². The molecule has 3 aromatic rings. The number of carbonyl (C=O) groups excluding carboxylic acids is 1. The molecular formula is C33H37Cl2N3O2. The van der Waals surface area contributed by atoms with Crippen molar-refractivity contribution in [2.45, 2.75) is 45.1 Å². The minimum atomic E-state index is -0.496. The maximum Gasteiger partial charge on any atom is 0.412 e. The summed E-state index contributed by atoms with van der Waals surface area (Å²) >= 11 is 12.5. The number of amides is 1. The lowest BCUT2D eigenvalue weighted by molar-refractivity contribution is 0.153. The number of amidine groups is 1. The summed E-state index contributed by atoms with van der Waals surface area (Å²) in [5.74, 6) is 0.984. The fraction of sp³-hybridized carbons (Fsp3) is 0.333. The van der Waals surface area contributed by atoms with Gasteiger partial charge in [0.15, 0.2) is 0 Å². The fourth-order valence-electron chi connectivity index (χ4n) is 5.12. The van der Waals surface area contributed by atoms with E-state index in [0.717, 1.165) is 35.2 Å². The Morgan fingerprint density at radius 2 is 1.75 bits per heavy atom. The minimum absolute atomic E-state index is 0.132. The molecule has 0 fully saturated rings. The van der Waals surface area contributed by atoms with Gasteiger partial charge in [-0.15, -0.1) is 0 Å². The van der Waals surface area contributed by atoms with Crippen LogP contribution < -0.4 is 10.2 Å². The first-order valence-electron chi connectivity index (χ1n) is 13.7. The molecule has 0 saturated carbocycles. The third-order valence-electron chi connectivity index (χ3n) is 7.41. The molecule has 5 nitrogen and oxygen atoms in total. The van der Waals surface area contributed by atoms with Crippen molar-refractivity contribution in [1.82, 2.24) is 5.32 Å². The van der Waals surface area contributed by atoms with Gasteiger partial charge in [0.05, 0.1) is 22.7 Å². The molecule has 3 atom stereocenters. The summed E-state index contributed by atoms with van der Waals surface area (Å²) in [5, 5.41) is 4.02. The van der Waals surface area contributed by atoms with Gasteiger partial charge in [-0.2, -0.15) is 0 Å². The summed E-state index contributed by atoms with van der Waals surface area (Å²) in [6, 6.07) is 24.2. The molecule has 1 heterocycles. The molecule has 3 aromatic carbocycles. The molecule has 7 heteroatoms. The molecule has 0 spiro atoms. The van der Waals surface area contributed by atoms with Crippen molar-refractivity contribution in [1.29, 1.82) is 0 Å². The number of hydrogen-bond donors (Lipinski definition) is 1. The van der Waals surface area contributed by atoms with Crippen LogP contribution in [-0.2, 0) is 11.2 Å². The van der Waals surface area contributed by atoms with Gasteiger partial charge in [-0.05, 0) is 72.2 Å². The topological polar surface area (TPSA) is 53.9 Å². The predicted molar refractivity (Wildman–Crippen MR) is 167 cm³/mol. The van der Waals surface area contributed by atoms with Crippen molar-refractivity contribution < 1.29 is 9.53 Å². The number of ether oxygens (including phenoxy) is 1. The van der Waals surface area contributed by atoms with Gasteiger partial charge in [-0.3, -0.25) is 10.3 Å². The lowest BCUT2D eigenvalue weighted by atomic mass is 9.79. The number of halogens is 2. The zero-order chi connectivity index (χ0) is 28.6. The van der Waals surface area contributed by atoms with Crippen LogP contribution in [0.3, 0.4) is 0 Å². The molecule has 0 radical (unpaired) electrons.